The van der Waals surface area contributed by atoms with Gasteiger partial charge in [0.15, 0.2) is 0 Å². The van der Waals surface area contributed by atoms with E-state index in [-0.39, 0.29) is 11.9 Å². The van der Waals surface area contributed by atoms with Gasteiger partial charge in [-0.15, -0.1) is 0 Å². The number of rotatable bonds is 4. The molecule has 0 aliphatic heterocycles. The van der Waals surface area contributed by atoms with Crippen LogP contribution in [0.3, 0.4) is 0 Å². The zero-order valence-corrected chi connectivity index (χ0v) is 14.4. The van der Waals surface area contributed by atoms with Gasteiger partial charge in [-0.2, -0.15) is 0 Å². The Morgan fingerprint density at radius 3 is 2.70 bits per heavy atom. The molecule has 0 bridgehead atoms. The van der Waals surface area contributed by atoms with Crippen LogP contribution in [0.5, 0.6) is 0 Å². The molecule has 27 heavy (non-hydrogen) atoms. The second-order valence-corrected chi connectivity index (χ2v) is 5.94. The molecule has 0 fully saturated rings. The number of amides is 1. The van der Waals surface area contributed by atoms with E-state index in [4.69, 9.17) is 0 Å². The second kappa shape index (κ2) is 6.91. The lowest BCUT2D eigenvalue weighted by Gasteiger charge is -2.19. The van der Waals surface area contributed by atoms with E-state index in [9.17, 15) is 9.18 Å². The van der Waals surface area contributed by atoms with Crippen molar-refractivity contribution in [1.29, 1.82) is 0 Å². The first-order valence-corrected chi connectivity index (χ1v) is 8.21. The van der Waals surface area contributed by atoms with E-state index in [1.54, 1.807) is 24.7 Å². The van der Waals surface area contributed by atoms with E-state index < -0.39 is 6.09 Å². The molecule has 1 atom stereocenters. The van der Waals surface area contributed by atoms with Crippen molar-refractivity contribution in [3.05, 3.63) is 78.1 Å². The first kappa shape index (κ1) is 16.8. The van der Waals surface area contributed by atoms with Gasteiger partial charge in [-0.1, -0.05) is 18.2 Å². The predicted octanol–water partition coefficient (Wildman–Crippen LogP) is 3.71. The number of halogens is 1. The molecule has 1 amide bonds. The van der Waals surface area contributed by atoms with E-state index in [1.807, 2.05) is 29.0 Å². The standard InChI is InChI=1S/C19H16FN5O2/c1-27-19(26)24-18-22-15-7-4-13(10-16(15)23-18)17(25-9-8-21-11-25)12-2-5-14(20)6-3-12/h2-11,17H,1H3,(H2,22,23,24,26). The molecule has 2 heterocycles. The number of fused-ring (bicyclic) bond motifs is 1. The van der Waals surface area contributed by atoms with Crippen molar-refractivity contribution in [2.45, 2.75) is 6.04 Å². The summed E-state index contributed by atoms with van der Waals surface area (Å²) < 4.78 is 19.9. The summed E-state index contributed by atoms with van der Waals surface area (Å²) in [5.74, 6) is 0.0145. The summed E-state index contributed by atoms with van der Waals surface area (Å²) in [6.07, 6.45) is 4.67. The Labute approximate surface area is 153 Å². The first-order valence-electron chi connectivity index (χ1n) is 8.21. The number of carbonyl (C=O) groups excluding carboxylic acids is 1. The van der Waals surface area contributed by atoms with Crippen LogP contribution in [-0.2, 0) is 4.74 Å². The molecule has 0 aliphatic rings. The monoisotopic (exact) mass is 365 g/mol. The van der Waals surface area contributed by atoms with Gasteiger partial charge < -0.3 is 14.3 Å². The minimum absolute atomic E-state index is 0.183. The molecule has 0 saturated heterocycles. The summed E-state index contributed by atoms with van der Waals surface area (Å²) in [6, 6.07) is 11.9. The number of imidazole rings is 2. The number of methoxy groups -OCH3 is 1. The predicted molar refractivity (Wildman–Crippen MR) is 98.0 cm³/mol. The van der Waals surface area contributed by atoms with E-state index in [0.717, 1.165) is 16.6 Å². The summed E-state index contributed by atoms with van der Waals surface area (Å²) in [5, 5.41) is 2.51. The Bertz CT molecular complexity index is 1070. The number of nitrogens with zero attached hydrogens (tertiary/aromatic N) is 3. The maximum absolute atomic E-state index is 13.4. The van der Waals surface area contributed by atoms with Gasteiger partial charge >= 0.3 is 6.09 Å². The van der Waals surface area contributed by atoms with Gasteiger partial charge in [0.05, 0.1) is 30.5 Å². The highest BCUT2D eigenvalue weighted by atomic mass is 19.1. The lowest BCUT2D eigenvalue weighted by atomic mass is 9.98. The second-order valence-electron chi connectivity index (χ2n) is 5.94. The maximum atomic E-state index is 13.4. The van der Waals surface area contributed by atoms with Crippen molar-refractivity contribution in [2.24, 2.45) is 0 Å². The minimum atomic E-state index is -0.600. The van der Waals surface area contributed by atoms with Crippen molar-refractivity contribution >= 4 is 23.1 Å². The quantitative estimate of drug-likeness (QED) is 0.577. The summed E-state index contributed by atoms with van der Waals surface area (Å²) in [6.45, 7) is 0. The number of hydrogen-bond acceptors (Lipinski definition) is 4. The number of benzene rings is 2. The fourth-order valence-corrected chi connectivity index (χ4v) is 3.01. The minimum Gasteiger partial charge on any atom is -0.453 e. The highest BCUT2D eigenvalue weighted by Gasteiger charge is 2.17. The number of aromatic nitrogens is 4. The fraction of sp³-hybridized carbons (Fsp3) is 0.105. The van der Waals surface area contributed by atoms with Crippen molar-refractivity contribution in [1.82, 2.24) is 19.5 Å². The van der Waals surface area contributed by atoms with E-state index in [0.29, 0.717) is 11.5 Å². The van der Waals surface area contributed by atoms with Crippen LogP contribution in [0.1, 0.15) is 17.2 Å². The molecule has 136 valence electrons. The Morgan fingerprint density at radius 2 is 2.00 bits per heavy atom. The molecule has 0 aliphatic carbocycles. The summed E-state index contributed by atoms with van der Waals surface area (Å²) in [7, 11) is 1.29. The molecule has 2 aromatic carbocycles. The number of hydrogen-bond donors (Lipinski definition) is 2. The Balaban J connectivity index is 1.76. The van der Waals surface area contributed by atoms with Crippen LogP contribution in [0.15, 0.2) is 61.2 Å². The SMILES string of the molecule is COC(=O)Nc1nc2ccc(C(c3ccc(F)cc3)n3ccnc3)cc2[nH]1. The van der Waals surface area contributed by atoms with Gasteiger partial charge in [-0.3, -0.25) is 5.32 Å². The molecule has 1 unspecified atom stereocenters. The van der Waals surface area contributed by atoms with Crippen molar-refractivity contribution in [3.8, 4) is 0 Å². The van der Waals surface area contributed by atoms with Crippen molar-refractivity contribution in [3.63, 3.8) is 0 Å². The van der Waals surface area contributed by atoms with E-state index in [2.05, 4.69) is 25.0 Å². The smallest absolute Gasteiger partial charge is 0.413 e. The van der Waals surface area contributed by atoms with Gasteiger partial charge in [-0.05, 0) is 35.4 Å². The average Bonchev–Trinajstić information content (AvgIpc) is 3.32. The molecule has 8 heteroatoms. The van der Waals surface area contributed by atoms with Gasteiger partial charge in [0.1, 0.15) is 5.82 Å². The fourth-order valence-electron chi connectivity index (χ4n) is 3.01. The Morgan fingerprint density at radius 1 is 1.22 bits per heavy atom. The molecule has 7 nitrogen and oxygen atoms in total. The number of nitrogens with one attached hydrogen (secondary N) is 2. The van der Waals surface area contributed by atoms with Crippen LogP contribution in [0.25, 0.3) is 11.0 Å². The van der Waals surface area contributed by atoms with Crippen LogP contribution in [0.2, 0.25) is 0 Å². The molecule has 0 saturated carbocycles. The number of H-pyrrole nitrogens is 1. The third-order valence-corrected chi connectivity index (χ3v) is 4.24. The molecule has 4 rings (SSSR count). The zero-order valence-electron chi connectivity index (χ0n) is 14.4. The van der Waals surface area contributed by atoms with Gasteiger partial charge in [0, 0.05) is 12.4 Å². The Hall–Kier alpha value is -3.68. The number of aromatic amines is 1. The third kappa shape index (κ3) is 3.37. The van der Waals surface area contributed by atoms with E-state index in [1.165, 1.54) is 19.2 Å². The summed E-state index contributed by atoms with van der Waals surface area (Å²) in [5.41, 5.74) is 3.33. The normalized spacial score (nSPS) is 12.1. The molecule has 2 N–H and O–H groups in total. The highest BCUT2D eigenvalue weighted by molar-refractivity contribution is 5.86. The molecule has 4 aromatic rings. The molecule has 2 aromatic heterocycles. The van der Waals surface area contributed by atoms with Gasteiger partial charge in [-0.25, -0.2) is 19.2 Å². The molecule has 0 spiro atoms. The first-order chi connectivity index (χ1) is 13.1. The molecular formula is C19H16FN5O2. The highest BCUT2D eigenvalue weighted by Crippen LogP contribution is 2.29. The summed E-state index contributed by atoms with van der Waals surface area (Å²) >= 11 is 0. The largest absolute Gasteiger partial charge is 0.453 e. The third-order valence-electron chi connectivity index (χ3n) is 4.24. The van der Waals surface area contributed by atoms with Crippen LogP contribution < -0.4 is 5.32 Å². The number of ether oxygens (including phenoxy) is 1. The molecular weight excluding hydrogens is 349 g/mol. The van der Waals surface area contributed by atoms with Crippen LogP contribution in [-0.4, -0.2) is 32.7 Å². The number of carbonyl (C=O) groups is 1. The van der Waals surface area contributed by atoms with Crippen molar-refractivity contribution in [2.75, 3.05) is 12.4 Å². The lowest BCUT2D eigenvalue weighted by molar-refractivity contribution is 0.186. The number of anilines is 1. The zero-order chi connectivity index (χ0) is 18.8. The van der Waals surface area contributed by atoms with Crippen LogP contribution in [0.4, 0.5) is 15.1 Å². The summed E-state index contributed by atoms with van der Waals surface area (Å²) in [4.78, 5) is 22.9. The van der Waals surface area contributed by atoms with Gasteiger partial charge in [0.2, 0.25) is 5.95 Å². The lowest BCUT2D eigenvalue weighted by Crippen LogP contribution is -2.11. The average molecular weight is 365 g/mol. The van der Waals surface area contributed by atoms with Crippen LogP contribution in [0, 0.1) is 5.82 Å². The van der Waals surface area contributed by atoms with Crippen molar-refractivity contribution < 1.29 is 13.9 Å². The van der Waals surface area contributed by atoms with Crippen LogP contribution >= 0.6 is 0 Å². The Kier molecular flexibility index (Phi) is 4.29. The maximum Gasteiger partial charge on any atom is 0.413 e. The molecule has 0 radical (unpaired) electrons. The van der Waals surface area contributed by atoms with Gasteiger partial charge in [0.25, 0.3) is 0 Å². The topological polar surface area (TPSA) is 84.8 Å². The van der Waals surface area contributed by atoms with E-state index >= 15 is 0 Å².